The molecule has 2 aliphatic rings. The van der Waals surface area contributed by atoms with Crippen LogP contribution in [0.4, 0.5) is 17.6 Å². The van der Waals surface area contributed by atoms with Gasteiger partial charge in [-0.3, -0.25) is 0 Å². The molecule has 1 fully saturated rings. The minimum atomic E-state index is -4.15. The minimum Gasteiger partial charge on any atom is -0.487 e. The number of halogens is 4. The van der Waals surface area contributed by atoms with Crippen LogP contribution in [-0.4, -0.2) is 11.8 Å². The third-order valence-corrected chi connectivity index (χ3v) is 4.65. The van der Waals surface area contributed by atoms with Gasteiger partial charge >= 0.3 is 6.18 Å². The van der Waals surface area contributed by atoms with Crippen molar-refractivity contribution >= 4 is 0 Å². The van der Waals surface area contributed by atoms with Gasteiger partial charge in [0.25, 0.3) is 0 Å². The highest BCUT2D eigenvalue weighted by molar-refractivity contribution is 5.39. The van der Waals surface area contributed by atoms with Crippen LogP contribution in [0.3, 0.4) is 0 Å². The highest BCUT2D eigenvalue weighted by Crippen LogP contribution is 2.49. The summed E-state index contributed by atoms with van der Waals surface area (Å²) >= 11 is 0. The molecule has 1 aliphatic carbocycles. The zero-order valence-electron chi connectivity index (χ0n) is 11.4. The van der Waals surface area contributed by atoms with Crippen molar-refractivity contribution in [2.45, 2.75) is 49.9 Å². The summed E-state index contributed by atoms with van der Waals surface area (Å²) in [4.78, 5) is 0. The molecule has 2 nitrogen and oxygen atoms in total. The van der Waals surface area contributed by atoms with Gasteiger partial charge < -0.3 is 10.5 Å². The zero-order valence-corrected chi connectivity index (χ0v) is 11.4. The van der Waals surface area contributed by atoms with E-state index >= 15 is 0 Å². The maximum absolute atomic E-state index is 13.3. The molecule has 116 valence electrons. The fraction of sp³-hybridized carbons (Fsp3) is 0.600. The average Bonchev–Trinajstić information content (AvgIpc) is 2.37. The molecule has 21 heavy (non-hydrogen) atoms. The lowest BCUT2D eigenvalue weighted by atomic mass is 9.73. The molecule has 0 amide bonds. The predicted molar refractivity (Wildman–Crippen MR) is 69.3 cm³/mol. The minimum absolute atomic E-state index is 0.0425. The van der Waals surface area contributed by atoms with Gasteiger partial charge in [0.1, 0.15) is 17.2 Å². The molecular weight excluding hydrogens is 286 g/mol. The van der Waals surface area contributed by atoms with Crippen LogP contribution in [0.15, 0.2) is 18.2 Å². The van der Waals surface area contributed by atoms with Crippen LogP contribution < -0.4 is 10.5 Å². The Bertz CT molecular complexity index is 535. The Morgan fingerprint density at radius 2 is 1.86 bits per heavy atom. The first-order valence-corrected chi connectivity index (χ1v) is 7.10. The Kier molecular flexibility index (Phi) is 3.39. The summed E-state index contributed by atoms with van der Waals surface area (Å²) in [6.45, 7) is 0. The van der Waals surface area contributed by atoms with E-state index in [1.54, 1.807) is 6.07 Å². The van der Waals surface area contributed by atoms with E-state index in [4.69, 9.17) is 10.5 Å². The fourth-order valence-electron chi connectivity index (χ4n) is 3.47. The van der Waals surface area contributed by atoms with Gasteiger partial charge in [0.15, 0.2) is 0 Å². The molecule has 1 spiro atoms. The number of rotatable bonds is 0. The largest absolute Gasteiger partial charge is 0.487 e. The Morgan fingerprint density at radius 3 is 2.48 bits per heavy atom. The molecule has 0 radical (unpaired) electrons. The molecule has 1 aromatic rings. The van der Waals surface area contributed by atoms with Crippen molar-refractivity contribution in [1.82, 2.24) is 0 Å². The predicted octanol–water partition coefficient (Wildman–Crippen LogP) is 4.10. The second-order valence-corrected chi connectivity index (χ2v) is 6.09. The Morgan fingerprint density at radius 1 is 1.19 bits per heavy atom. The topological polar surface area (TPSA) is 35.2 Å². The number of hydrogen-bond acceptors (Lipinski definition) is 2. The molecule has 3 rings (SSSR count). The highest BCUT2D eigenvalue weighted by Gasteiger charge is 2.49. The molecule has 0 bridgehead atoms. The van der Waals surface area contributed by atoms with Crippen LogP contribution in [0, 0.1) is 11.7 Å². The van der Waals surface area contributed by atoms with Gasteiger partial charge in [-0.1, -0.05) is 6.07 Å². The lowest BCUT2D eigenvalue weighted by Crippen LogP contribution is -2.47. The van der Waals surface area contributed by atoms with Crippen LogP contribution in [-0.2, 0) is 0 Å². The molecule has 0 aromatic heterocycles. The van der Waals surface area contributed by atoms with Crippen LogP contribution in [0.1, 0.15) is 43.7 Å². The Balaban J connectivity index is 1.80. The van der Waals surface area contributed by atoms with Gasteiger partial charge in [0.05, 0.1) is 5.92 Å². The van der Waals surface area contributed by atoms with E-state index < -0.39 is 23.5 Å². The number of ether oxygens (including phenoxy) is 1. The summed E-state index contributed by atoms with van der Waals surface area (Å²) in [5, 5.41) is 0. The quantitative estimate of drug-likeness (QED) is 0.732. The standard InChI is InChI=1S/C15H17F4NO/c16-10-1-2-11-12(20)8-14(21-13(11)7-10)5-3-9(4-6-14)15(17,18)19/h1-2,7,9,12H,3-6,8,20H2/t9?,12-,14?/m1/s1. The van der Waals surface area contributed by atoms with Crippen molar-refractivity contribution in [3.63, 3.8) is 0 Å². The lowest BCUT2D eigenvalue weighted by Gasteiger charge is -2.45. The van der Waals surface area contributed by atoms with Gasteiger partial charge in [0, 0.05) is 24.1 Å². The van der Waals surface area contributed by atoms with Crippen LogP contribution in [0.2, 0.25) is 0 Å². The number of alkyl halides is 3. The first kappa shape index (κ1) is 14.6. The maximum Gasteiger partial charge on any atom is 0.391 e. The normalized spacial score (nSPS) is 32.6. The van der Waals surface area contributed by atoms with Crippen molar-refractivity contribution < 1.29 is 22.3 Å². The van der Waals surface area contributed by atoms with Gasteiger partial charge in [-0.25, -0.2) is 4.39 Å². The number of benzene rings is 1. The third kappa shape index (κ3) is 2.73. The molecule has 1 aromatic carbocycles. The van der Waals surface area contributed by atoms with Crippen molar-refractivity contribution in [2.75, 3.05) is 0 Å². The number of hydrogen-bond donors (Lipinski definition) is 1. The highest BCUT2D eigenvalue weighted by atomic mass is 19.4. The molecule has 2 N–H and O–H groups in total. The average molecular weight is 303 g/mol. The molecule has 0 saturated heterocycles. The first-order chi connectivity index (χ1) is 9.79. The second kappa shape index (κ2) is 4.87. The third-order valence-electron chi connectivity index (χ3n) is 4.65. The van der Waals surface area contributed by atoms with E-state index in [0.29, 0.717) is 25.0 Å². The smallest absolute Gasteiger partial charge is 0.391 e. The van der Waals surface area contributed by atoms with E-state index in [1.807, 2.05) is 0 Å². The summed E-state index contributed by atoms with van der Waals surface area (Å²) in [7, 11) is 0. The summed E-state index contributed by atoms with van der Waals surface area (Å²) in [5.41, 5.74) is 6.14. The summed E-state index contributed by atoms with van der Waals surface area (Å²) in [6.07, 6.45) is -2.97. The van der Waals surface area contributed by atoms with E-state index in [-0.39, 0.29) is 18.9 Å². The van der Waals surface area contributed by atoms with Crippen molar-refractivity contribution in [1.29, 1.82) is 0 Å². The van der Waals surface area contributed by atoms with Crippen molar-refractivity contribution in [2.24, 2.45) is 11.7 Å². The summed E-state index contributed by atoms with van der Waals surface area (Å²) in [6, 6.07) is 3.85. The fourth-order valence-corrected chi connectivity index (χ4v) is 3.47. The van der Waals surface area contributed by atoms with Gasteiger partial charge in [-0.15, -0.1) is 0 Å². The first-order valence-electron chi connectivity index (χ1n) is 7.10. The van der Waals surface area contributed by atoms with Crippen molar-refractivity contribution in [3.05, 3.63) is 29.6 Å². The molecule has 1 saturated carbocycles. The van der Waals surface area contributed by atoms with Crippen LogP contribution >= 0.6 is 0 Å². The van der Waals surface area contributed by atoms with Crippen LogP contribution in [0.25, 0.3) is 0 Å². The SMILES string of the molecule is N[C@@H]1CC2(CCC(C(F)(F)F)CC2)Oc2cc(F)ccc21. The van der Waals surface area contributed by atoms with E-state index in [2.05, 4.69) is 0 Å². The monoisotopic (exact) mass is 303 g/mol. The Labute approximate surface area is 120 Å². The van der Waals surface area contributed by atoms with Gasteiger partial charge in [-0.2, -0.15) is 13.2 Å². The molecule has 6 heteroatoms. The second-order valence-electron chi connectivity index (χ2n) is 6.09. The maximum atomic E-state index is 13.3. The molecule has 1 atom stereocenters. The van der Waals surface area contributed by atoms with E-state index in [0.717, 1.165) is 5.56 Å². The van der Waals surface area contributed by atoms with Gasteiger partial charge in [-0.05, 0) is 31.7 Å². The molecule has 0 unspecified atom stereocenters. The summed E-state index contributed by atoms with van der Waals surface area (Å²) < 4.78 is 57.5. The number of nitrogens with two attached hydrogens (primary N) is 1. The number of fused-ring (bicyclic) bond motifs is 1. The lowest BCUT2D eigenvalue weighted by molar-refractivity contribution is -0.191. The zero-order chi connectivity index (χ0) is 15.3. The summed E-state index contributed by atoms with van der Waals surface area (Å²) in [5.74, 6) is -1.32. The van der Waals surface area contributed by atoms with E-state index in [9.17, 15) is 17.6 Å². The van der Waals surface area contributed by atoms with E-state index in [1.165, 1.54) is 12.1 Å². The van der Waals surface area contributed by atoms with Crippen molar-refractivity contribution in [3.8, 4) is 5.75 Å². The molecular formula is C15H17F4NO. The molecule has 1 aliphatic heterocycles. The molecule has 1 heterocycles. The van der Waals surface area contributed by atoms with Crippen LogP contribution in [0.5, 0.6) is 5.75 Å². The van der Waals surface area contributed by atoms with Gasteiger partial charge in [0.2, 0.25) is 0 Å². The Hall–Kier alpha value is -1.30.